The number of aliphatic hydroxyl groups excluding tert-OH is 1. The summed E-state index contributed by atoms with van der Waals surface area (Å²) >= 11 is 0. The molecular formula is C49H85N9O19. The highest BCUT2D eigenvalue weighted by molar-refractivity contribution is 5.86. The number of aromatic nitrogens is 5. The number of aromatic carboxylic acids is 1. The molecule has 0 bridgehead atoms. The molecule has 0 unspecified atom stereocenters. The molecule has 5 N–H and O–H groups in total. The Labute approximate surface area is 450 Å². The summed E-state index contributed by atoms with van der Waals surface area (Å²) in [7, 11) is 16.2. The third-order valence-electron chi connectivity index (χ3n) is 6.75. The highest BCUT2D eigenvalue weighted by Crippen LogP contribution is 2.10. The number of carboxylic acids is 2. The summed E-state index contributed by atoms with van der Waals surface area (Å²) in [5.74, 6) is -2.91. The second-order valence-corrected chi connectivity index (χ2v) is 18.7. The zero-order valence-electron chi connectivity index (χ0n) is 48.9. The van der Waals surface area contributed by atoms with Crippen LogP contribution in [-0.2, 0) is 38.1 Å². The van der Waals surface area contributed by atoms with Gasteiger partial charge in [-0.3, -0.25) is 9.59 Å². The van der Waals surface area contributed by atoms with Gasteiger partial charge in [-0.05, 0) is 101 Å². The van der Waals surface area contributed by atoms with E-state index in [1.54, 1.807) is 68.3 Å². The summed E-state index contributed by atoms with van der Waals surface area (Å²) in [4.78, 5) is 95.9. The van der Waals surface area contributed by atoms with Crippen LogP contribution in [0.3, 0.4) is 0 Å². The lowest BCUT2D eigenvalue weighted by atomic mass is 10.1. The maximum atomic E-state index is 10.9. The van der Waals surface area contributed by atoms with Crippen molar-refractivity contribution in [1.29, 1.82) is 0 Å². The lowest BCUT2D eigenvalue weighted by Crippen LogP contribution is -2.31. The lowest BCUT2D eigenvalue weighted by Gasteiger charge is -2.22. The van der Waals surface area contributed by atoms with Gasteiger partial charge in [0.15, 0.2) is 23.2 Å². The van der Waals surface area contributed by atoms with E-state index in [0.29, 0.717) is 22.8 Å². The molecule has 1 atom stereocenters. The van der Waals surface area contributed by atoms with E-state index in [0.717, 1.165) is 18.0 Å². The van der Waals surface area contributed by atoms with E-state index in [4.69, 9.17) is 43.9 Å². The Morgan fingerprint density at radius 3 is 1.23 bits per heavy atom. The molecule has 28 nitrogen and oxygen atoms in total. The maximum Gasteiger partial charge on any atom is 0.409 e. The molecule has 0 saturated heterocycles. The second-order valence-electron chi connectivity index (χ2n) is 18.7. The van der Waals surface area contributed by atoms with Crippen molar-refractivity contribution in [3.63, 3.8) is 0 Å². The molecule has 0 radical (unpaired) electrons. The standard InChI is InChI=1S/3C7H15NO2.C7H12O4.C6H5N3O.C6H7NO3.C5H5NO3.C2H7N.C2H4O2/c3*1-7(2,3)10-6(9)8(4)5;1-5(9)3-6(4-8)7(10)11-2;10-9-6-4-2-1-3-5(6)7-8-9;1-4-7-5(3-10-4)6(8)9-2;1-3-6-4(2-9-3)5(7)8;1-3-2;1-2(3)4/h3*1-5H3;6,8H,3-4H2,1-2H3;1-4,10H;3H,1-2H3;2H,1H3,(H,7,8);3H,1-2H3;1H3,(H,3,4)/t;;;6-;;;;;/m...0...../s1. The predicted molar refractivity (Wildman–Crippen MR) is 281 cm³/mol. The van der Waals surface area contributed by atoms with Crippen LogP contribution in [0.1, 0.15) is 115 Å². The van der Waals surface area contributed by atoms with E-state index < -0.39 is 29.8 Å². The molecule has 0 aliphatic rings. The van der Waals surface area contributed by atoms with Gasteiger partial charge < -0.3 is 77.9 Å². The van der Waals surface area contributed by atoms with Crippen LogP contribution in [0.15, 0.2) is 45.6 Å². The van der Waals surface area contributed by atoms with Gasteiger partial charge in [0, 0.05) is 69.5 Å². The molecular weight excluding hydrogens is 1020 g/mol. The number of rotatable bonds is 6. The highest BCUT2D eigenvalue weighted by atomic mass is 16.6. The Bertz CT molecular complexity index is 2240. The normalized spacial score (nSPS) is 10.2. The van der Waals surface area contributed by atoms with Gasteiger partial charge in [-0.2, -0.15) is 0 Å². The van der Waals surface area contributed by atoms with Crippen LogP contribution >= 0.6 is 0 Å². The molecule has 0 aliphatic carbocycles. The van der Waals surface area contributed by atoms with Crippen molar-refractivity contribution < 1.29 is 91.4 Å². The molecule has 3 amide bonds. The highest BCUT2D eigenvalue weighted by Gasteiger charge is 2.20. The number of carbonyl (C=O) groups is 8. The van der Waals surface area contributed by atoms with Gasteiger partial charge in [0.25, 0.3) is 5.97 Å². The van der Waals surface area contributed by atoms with E-state index in [-0.39, 0.29) is 65.3 Å². The molecule has 3 aromatic heterocycles. The van der Waals surface area contributed by atoms with Crippen molar-refractivity contribution in [3.8, 4) is 0 Å². The molecule has 0 saturated carbocycles. The van der Waals surface area contributed by atoms with Gasteiger partial charge in [-0.15, -0.1) is 5.10 Å². The summed E-state index contributed by atoms with van der Waals surface area (Å²) < 4.78 is 33.1. The van der Waals surface area contributed by atoms with E-state index in [1.807, 2.05) is 88.5 Å². The first-order valence-electron chi connectivity index (χ1n) is 22.9. The molecule has 0 fully saturated rings. The molecule has 1 aromatic carbocycles. The fraction of sp³-hybridized carbons (Fsp3) is 0.592. The number of para-hydroxylation sites is 1. The van der Waals surface area contributed by atoms with Crippen molar-refractivity contribution >= 4 is 59.0 Å². The second kappa shape index (κ2) is 40.4. The first-order chi connectivity index (χ1) is 35.1. The van der Waals surface area contributed by atoms with Crippen molar-refractivity contribution in [1.82, 2.24) is 45.1 Å². The number of aliphatic hydroxyl groups is 1. The molecule has 77 heavy (non-hydrogen) atoms. The number of oxazole rings is 2. The quantitative estimate of drug-likeness (QED) is 0.0809. The number of aliphatic carboxylic acids is 1. The van der Waals surface area contributed by atoms with E-state index in [2.05, 4.69) is 39.5 Å². The van der Waals surface area contributed by atoms with Crippen LogP contribution in [0.2, 0.25) is 0 Å². The van der Waals surface area contributed by atoms with Crippen molar-refractivity contribution in [2.45, 2.75) is 113 Å². The average molecular weight is 1100 g/mol. The summed E-state index contributed by atoms with van der Waals surface area (Å²) in [5, 5.41) is 43.1. The zero-order valence-corrected chi connectivity index (χ0v) is 48.9. The SMILES string of the molecule is CC(=O)O.CN(C)C(=O)OC(C)(C)C.CN(C)C(=O)OC(C)(C)C.CN(C)C(=O)OC(C)(C)C.CNC.COC(=O)[C@H](CO)CC(C)=O.COC(=O)c1coc(C)n1.Cc1nc(C(=O)O)co1.On1nnc2ccccc21. The molecule has 440 valence electrons. The number of ether oxygens (including phenoxy) is 5. The van der Waals surface area contributed by atoms with Crippen LogP contribution in [0, 0.1) is 19.8 Å². The number of fused-ring (bicyclic) bond motifs is 1. The molecule has 4 rings (SSSR count). The number of nitrogens with zero attached hydrogens (tertiary/aromatic N) is 8. The summed E-state index contributed by atoms with van der Waals surface area (Å²) in [5.41, 5.74) is 0.323. The Morgan fingerprint density at radius 2 is 1.01 bits per heavy atom. The van der Waals surface area contributed by atoms with E-state index >= 15 is 0 Å². The van der Waals surface area contributed by atoms with Gasteiger partial charge >= 0.3 is 36.2 Å². The fourth-order valence-electron chi connectivity index (χ4n) is 3.68. The van der Waals surface area contributed by atoms with E-state index in [9.17, 15) is 33.6 Å². The van der Waals surface area contributed by atoms with Crippen molar-refractivity contribution in [2.24, 2.45) is 5.92 Å². The predicted octanol–water partition coefficient (Wildman–Crippen LogP) is 6.24. The maximum absolute atomic E-state index is 10.9. The minimum absolute atomic E-state index is 0.0448. The Kier molecular flexibility index (Phi) is 41.0. The number of nitrogens with one attached hydrogen (secondary N) is 1. The van der Waals surface area contributed by atoms with Crippen LogP contribution in [0.4, 0.5) is 14.4 Å². The van der Waals surface area contributed by atoms with Crippen LogP contribution in [0.5, 0.6) is 0 Å². The van der Waals surface area contributed by atoms with Crippen molar-refractivity contribution in [3.05, 3.63) is 60.0 Å². The summed E-state index contributed by atoms with van der Waals surface area (Å²) in [6, 6.07) is 7.19. The minimum Gasteiger partial charge on any atom is -0.481 e. The van der Waals surface area contributed by atoms with Gasteiger partial charge in [-0.1, -0.05) is 17.0 Å². The summed E-state index contributed by atoms with van der Waals surface area (Å²) in [6.07, 6.45) is 1.52. The van der Waals surface area contributed by atoms with Gasteiger partial charge in [-0.25, -0.2) is 33.9 Å². The number of benzene rings is 1. The Hall–Kier alpha value is -7.88. The average Bonchev–Trinajstić information content (AvgIpc) is 4.04. The van der Waals surface area contributed by atoms with Crippen LogP contribution in [-0.4, -0.2) is 202 Å². The number of hydrogen-bond donors (Lipinski definition) is 5. The number of Topliss-reactive ketones (excluding diaryl/α,β-unsaturated/α-hetero) is 1. The number of ketones is 1. The number of esters is 2. The summed E-state index contributed by atoms with van der Waals surface area (Å²) in [6.45, 7) is 21.9. The molecule has 4 aromatic rings. The number of aryl methyl sites for hydroxylation is 2. The largest absolute Gasteiger partial charge is 0.481 e. The number of methoxy groups -OCH3 is 2. The molecule has 3 heterocycles. The Morgan fingerprint density at radius 1 is 0.662 bits per heavy atom. The smallest absolute Gasteiger partial charge is 0.409 e. The van der Waals surface area contributed by atoms with Gasteiger partial charge in [0.2, 0.25) is 0 Å². The topological polar surface area (TPSA) is 368 Å². The van der Waals surface area contributed by atoms with Gasteiger partial charge in [0.1, 0.15) is 46.1 Å². The number of hydrogen-bond acceptors (Lipinski definition) is 22. The number of carboxylic acid groups (broad SMARTS) is 2. The molecule has 28 heteroatoms. The van der Waals surface area contributed by atoms with Gasteiger partial charge in [0.05, 0.1) is 26.7 Å². The lowest BCUT2D eigenvalue weighted by molar-refractivity contribution is -0.148. The molecule has 0 aliphatic heterocycles. The number of carbonyl (C=O) groups excluding carboxylic acids is 6. The zero-order chi connectivity index (χ0) is 61.6. The van der Waals surface area contributed by atoms with Crippen LogP contribution in [0.25, 0.3) is 11.0 Å². The number of amides is 3. The monoisotopic (exact) mass is 1100 g/mol. The third-order valence-corrected chi connectivity index (χ3v) is 6.75. The first-order valence-corrected chi connectivity index (χ1v) is 22.9. The molecule has 0 spiro atoms. The Balaban J connectivity index is -0.000000256. The van der Waals surface area contributed by atoms with Crippen LogP contribution < -0.4 is 5.32 Å². The van der Waals surface area contributed by atoms with Crippen molar-refractivity contribution in [2.75, 3.05) is 77.2 Å². The first kappa shape index (κ1) is 78.0. The minimum atomic E-state index is -1.06. The van der Waals surface area contributed by atoms with E-state index in [1.165, 1.54) is 42.1 Å². The fourth-order valence-corrected chi connectivity index (χ4v) is 3.68. The third kappa shape index (κ3) is 47.6.